The lowest BCUT2D eigenvalue weighted by molar-refractivity contribution is -0.126. The van der Waals surface area contributed by atoms with Gasteiger partial charge in [-0.1, -0.05) is 25.8 Å². The van der Waals surface area contributed by atoms with Crippen LogP contribution in [-0.4, -0.2) is 35.4 Å². The summed E-state index contributed by atoms with van der Waals surface area (Å²) in [5.41, 5.74) is 4.97. The summed E-state index contributed by atoms with van der Waals surface area (Å²) in [4.78, 5) is 18.2. The Hall–Kier alpha value is -1.81. The molecule has 4 heteroatoms. The fraction of sp³-hybridized carbons (Fsp3) is 0.550. The molecule has 1 aliphatic rings. The van der Waals surface area contributed by atoms with Crippen LogP contribution in [-0.2, 0) is 17.8 Å². The fourth-order valence-electron chi connectivity index (χ4n) is 3.78. The highest BCUT2D eigenvalue weighted by molar-refractivity contribution is 5.85. The fourth-order valence-corrected chi connectivity index (χ4v) is 3.78. The van der Waals surface area contributed by atoms with Crippen molar-refractivity contribution in [3.8, 4) is 0 Å². The predicted octanol–water partition coefficient (Wildman–Crippen LogP) is 3.53. The first kappa shape index (κ1) is 17.0. The third kappa shape index (κ3) is 3.48. The van der Waals surface area contributed by atoms with E-state index in [0.717, 1.165) is 31.4 Å². The summed E-state index contributed by atoms with van der Waals surface area (Å²) in [6, 6.07) is 6.46. The van der Waals surface area contributed by atoms with Crippen molar-refractivity contribution in [2.45, 2.75) is 58.5 Å². The Labute approximate surface area is 144 Å². The van der Waals surface area contributed by atoms with Gasteiger partial charge in [0.25, 0.3) is 0 Å². The third-order valence-electron chi connectivity index (χ3n) is 5.37. The number of hydrogen-bond acceptors (Lipinski definition) is 2. The molecule has 1 amide bonds. The summed E-state index contributed by atoms with van der Waals surface area (Å²) in [6.45, 7) is 5.96. The molecule has 1 saturated heterocycles. The first-order valence-electron chi connectivity index (χ1n) is 9.18. The lowest BCUT2D eigenvalue weighted by Gasteiger charge is -2.24. The monoisotopic (exact) mass is 327 g/mol. The number of rotatable bonds is 4. The van der Waals surface area contributed by atoms with Gasteiger partial charge in [0.2, 0.25) is 5.91 Å². The zero-order valence-corrected chi connectivity index (χ0v) is 15.1. The minimum absolute atomic E-state index is 0.0249. The van der Waals surface area contributed by atoms with Gasteiger partial charge in [-0.15, -0.1) is 0 Å². The van der Waals surface area contributed by atoms with E-state index >= 15 is 0 Å². The Kier molecular flexibility index (Phi) is 5.24. The number of benzene rings is 1. The van der Waals surface area contributed by atoms with Gasteiger partial charge in [0, 0.05) is 23.1 Å². The number of aromatic nitrogens is 1. The Morgan fingerprint density at radius 1 is 1.33 bits per heavy atom. The molecule has 0 saturated carbocycles. The molecule has 0 spiro atoms. The van der Waals surface area contributed by atoms with E-state index in [1.807, 2.05) is 0 Å². The molecule has 0 bridgehead atoms. The zero-order chi connectivity index (χ0) is 17.1. The normalized spacial score (nSPS) is 19.4. The minimum atomic E-state index is 0.0249. The highest BCUT2D eigenvalue weighted by atomic mass is 16.2. The molecule has 1 aromatic heterocycles. The molecule has 1 fully saturated rings. The van der Waals surface area contributed by atoms with Crippen LogP contribution >= 0.6 is 0 Å². The van der Waals surface area contributed by atoms with Crippen LogP contribution in [0.15, 0.2) is 18.2 Å². The molecule has 130 valence electrons. The number of likely N-dealkylation sites (tertiary alicyclic amines) is 1. The Morgan fingerprint density at radius 2 is 2.17 bits per heavy atom. The average molecular weight is 327 g/mol. The van der Waals surface area contributed by atoms with E-state index in [9.17, 15) is 4.79 Å². The van der Waals surface area contributed by atoms with Gasteiger partial charge in [0.15, 0.2) is 0 Å². The highest BCUT2D eigenvalue weighted by Crippen LogP contribution is 2.23. The van der Waals surface area contributed by atoms with Crippen molar-refractivity contribution in [2.24, 2.45) is 0 Å². The topological polar surface area (TPSA) is 48.1 Å². The van der Waals surface area contributed by atoms with Crippen molar-refractivity contribution < 1.29 is 4.79 Å². The second-order valence-electron chi connectivity index (χ2n) is 7.03. The van der Waals surface area contributed by atoms with Gasteiger partial charge < -0.3 is 10.3 Å². The van der Waals surface area contributed by atoms with Crippen LogP contribution in [0.4, 0.5) is 0 Å². The molecule has 1 aliphatic heterocycles. The van der Waals surface area contributed by atoms with Crippen LogP contribution < -0.4 is 5.32 Å². The number of likely N-dealkylation sites (N-methyl/N-ethyl adjacent to an activating group) is 1. The van der Waals surface area contributed by atoms with Crippen molar-refractivity contribution >= 4 is 16.8 Å². The van der Waals surface area contributed by atoms with Gasteiger partial charge in [-0.05, 0) is 63.0 Å². The lowest BCUT2D eigenvalue weighted by Crippen LogP contribution is -2.44. The van der Waals surface area contributed by atoms with E-state index in [-0.39, 0.29) is 11.9 Å². The molecule has 2 N–H and O–H groups in total. The summed E-state index contributed by atoms with van der Waals surface area (Å²) in [5, 5.41) is 4.41. The van der Waals surface area contributed by atoms with Crippen LogP contribution in [0.5, 0.6) is 0 Å². The number of H-pyrrole nitrogens is 1. The predicted molar refractivity (Wildman–Crippen MR) is 99.1 cm³/mol. The molecule has 3 rings (SSSR count). The molecule has 2 heterocycles. The molecule has 2 aromatic rings. The van der Waals surface area contributed by atoms with Crippen molar-refractivity contribution in [1.29, 1.82) is 0 Å². The first-order chi connectivity index (χ1) is 11.6. The number of fused-ring (bicyclic) bond motifs is 1. The summed E-state index contributed by atoms with van der Waals surface area (Å²) in [5.74, 6) is 0.166. The quantitative estimate of drug-likeness (QED) is 0.902. The van der Waals surface area contributed by atoms with E-state index in [4.69, 9.17) is 0 Å². The maximum atomic E-state index is 12.6. The first-order valence-corrected chi connectivity index (χ1v) is 9.18. The summed E-state index contributed by atoms with van der Waals surface area (Å²) in [6.07, 6.45) is 5.57. The second kappa shape index (κ2) is 7.39. The van der Waals surface area contributed by atoms with Crippen molar-refractivity contribution in [1.82, 2.24) is 15.2 Å². The molecule has 4 nitrogen and oxygen atoms in total. The van der Waals surface area contributed by atoms with E-state index < -0.39 is 0 Å². The van der Waals surface area contributed by atoms with Crippen molar-refractivity contribution in [3.63, 3.8) is 0 Å². The summed E-state index contributed by atoms with van der Waals surface area (Å²) >= 11 is 0. The van der Waals surface area contributed by atoms with E-state index in [2.05, 4.69) is 54.3 Å². The number of carbonyl (C=O) groups excluding carboxylic acids is 1. The number of carbonyl (C=O) groups is 1. The smallest absolute Gasteiger partial charge is 0.237 e. The molecule has 0 aliphatic carbocycles. The maximum absolute atomic E-state index is 12.6. The minimum Gasteiger partial charge on any atom is -0.358 e. The van der Waals surface area contributed by atoms with Crippen molar-refractivity contribution in [2.75, 3.05) is 13.6 Å². The van der Waals surface area contributed by atoms with Crippen LogP contribution in [0, 0.1) is 6.92 Å². The Morgan fingerprint density at radius 3 is 2.96 bits per heavy atom. The van der Waals surface area contributed by atoms with Crippen LogP contribution in [0.1, 0.15) is 49.4 Å². The van der Waals surface area contributed by atoms with Crippen LogP contribution in [0.25, 0.3) is 10.9 Å². The van der Waals surface area contributed by atoms with Gasteiger partial charge in [0.05, 0.1) is 6.04 Å². The maximum Gasteiger partial charge on any atom is 0.237 e. The van der Waals surface area contributed by atoms with Crippen LogP contribution in [0.2, 0.25) is 0 Å². The molecule has 0 radical (unpaired) electrons. The van der Waals surface area contributed by atoms with E-state index in [1.54, 1.807) is 0 Å². The molecular formula is C20H29N3O. The number of aryl methyl sites for hydroxylation is 2. The van der Waals surface area contributed by atoms with Crippen LogP contribution in [0.3, 0.4) is 0 Å². The SMILES string of the molecule is CCc1[nH]c2ccc(CNC(=O)[C@@H]3CCCCCN3C)cc2c1C. The number of nitrogens with one attached hydrogen (secondary N) is 2. The third-order valence-corrected chi connectivity index (χ3v) is 5.37. The highest BCUT2D eigenvalue weighted by Gasteiger charge is 2.24. The summed E-state index contributed by atoms with van der Waals surface area (Å²) < 4.78 is 0. The number of aromatic amines is 1. The summed E-state index contributed by atoms with van der Waals surface area (Å²) in [7, 11) is 2.07. The molecule has 1 atom stereocenters. The molecule has 1 aromatic carbocycles. The Balaban J connectivity index is 1.68. The molecule has 0 unspecified atom stereocenters. The Bertz CT molecular complexity index is 719. The van der Waals surface area contributed by atoms with Gasteiger partial charge >= 0.3 is 0 Å². The van der Waals surface area contributed by atoms with E-state index in [1.165, 1.54) is 35.0 Å². The van der Waals surface area contributed by atoms with Crippen molar-refractivity contribution in [3.05, 3.63) is 35.0 Å². The average Bonchev–Trinajstić information content (AvgIpc) is 2.75. The largest absolute Gasteiger partial charge is 0.358 e. The van der Waals surface area contributed by atoms with E-state index in [0.29, 0.717) is 6.54 Å². The zero-order valence-electron chi connectivity index (χ0n) is 15.1. The standard InChI is InChI=1S/C20H29N3O/c1-4-17-14(2)16-12-15(9-10-18(16)22-17)13-21-20(24)19-8-6-5-7-11-23(19)3/h9-10,12,19,22H,4-8,11,13H2,1-3H3,(H,21,24)/t19-/m0/s1. The molecular weight excluding hydrogens is 298 g/mol. The van der Waals surface area contributed by atoms with Gasteiger partial charge in [-0.3, -0.25) is 9.69 Å². The number of hydrogen-bond donors (Lipinski definition) is 2. The number of nitrogens with zero attached hydrogens (tertiary/aromatic N) is 1. The number of amides is 1. The van der Waals surface area contributed by atoms with Gasteiger partial charge in [-0.25, -0.2) is 0 Å². The van der Waals surface area contributed by atoms with Gasteiger partial charge in [0.1, 0.15) is 0 Å². The van der Waals surface area contributed by atoms with Gasteiger partial charge in [-0.2, -0.15) is 0 Å². The molecule has 24 heavy (non-hydrogen) atoms. The second-order valence-corrected chi connectivity index (χ2v) is 7.03. The lowest BCUT2D eigenvalue weighted by atomic mass is 10.1.